The Bertz CT molecular complexity index is 763. The second-order valence-corrected chi connectivity index (χ2v) is 8.79. The molecule has 2 atom stereocenters. The Balaban J connectivity index is 0.00000280. The van der Waals surface area contributed by atoms with Crippen LogP contribution < -0.4 is 11.1 Å². The van der Waals surface area contributed by atoms with Gasteiger partial charge in [-0.3, -0.25) is 19.5 Å². The van der Waals surface area contributed by atoms with E-state index in [0.29, 0.717) is 30.3 Å². The van der Waals surface area contributed by atoms with Crippen LogP contribution in [0.4, 0.5) is 0 Å². The van der Waals surface area contributed by atoms with Crippen molar-refractivity contribution in [3.8, 4) is 0 Å². The Kier molecular flexibility index (Phi) is 6.37. The van der Waals surface area contributed by atoms with Gasteiger partial charge in [-0.05, 0) is 33.3 Å². The molecule has 1 saturated heterocycles. The second-order valence-electron chi connectivity index (χ2n) is 7.73. The van der Waals surface area contributed by atoms with Crippen molar-refractivity contribution in [2.75, 3.05) is 25.6 Å². The molecule has 1 fully saturated rings. The number of nitrogens with two attached hydrogens (primary N) is 1. The van der Waals surface area contributed by atoms with Crippen LogP contribution in [-0.2, 0) is 23.9 Å². The third-order valence-corrected chi connectivity index (χ3v) is 6.05. The quantitative estimate of drug-likeness (QED) is 0.371. The third kappa shape index (κ3) is 3.60. The first kappa shape index (κ1) is 22.5. The Labute approximate surface area is 173 Å². The van der Waals surface area contributed by atoms with E-state index in [1.807, 2.05) is 0 Å². The number of hydrogen-bond donors (Lipinski definition) is 2. The van der Waals surface area contributed by atoms with Crippen LogP contribution in [0.2, 0.25) is 0 Å². The minimum absolute atomic E-state index is 0. The molecular weight excluding hydrogens is 408 g/mol. The van der Waals surface area contributed by atoms with Gasteiger partial charge in [0.2, 0.25) is 6.79 Å². The van der Waals surface area contributed by atoms with E-state index in [1.165, 1.54) is 16.7 Å². The monoisotopic (exact) mass is 432 g/mol. The van der Waals surface area contributed by atoms with Crippen molar-refractivity contribution in [2.45, 2.75) is 38.6 Å². The van der Waals surface area contributed by atoms with Crippen LogP contribution in [0.15, 0.2) is 16.3 Å². The van der Waals surface area contributed by atoms with E-state index >= 15 is 0 Å². The van der Waals surface area contributed by atoms with E-state index in [0.717, 1.165) is 0 Å². The van der Waals surface area contributed by atoms with Crippen molar-refractivity contribution in [3.05, 3.63) is 11.3 Å². The first-order valence-electron chi connectivity index (χ1n) is 8.65. The Morgan fingerprint density at radius 2 is 2.07 bits per heavy atom. The van der Waals surface area contributed by atoms with E-state index in [1.54, 1.807) is 27.7 Å². The van der Waals surface area contributed by atoms with Gasteiger partial charge in [0.1, 0.15) is 16.9 Å². The maximum absolute atomic E-state index is 12.8. The van der Waals surface area contributed by atoms with Gasteiger partial charge >= 0.3 is 11.9 Å². The van der Waals surface area contributed by atoms with Crippen molar-refractivity contribution in [2.24, 2.45) is 16.1 Å². The van der Waals surface area contributed by atoms with Gasteiger partial charge in [0.25, 0.3) is 5.91 Å². The number of carbonyl (C=O) groups excluding carboxylic acids is 3. The van der Waals surface area contributed by atoms with E-state index < -0.39 is 41.0 Å². The molecule has 1 amide bonds. The lowest BCUT2D eigenvalue weighted by Gasteiger charge is -2.55. The number of β-lactam (4-membered cyclic amide) rings is 1. The number of esters is 2. The molecule has 0 radical (unpaired) electrons. The lowest BCUT2D eigenvalue weighted by Crippen LogP contribution is -2.82. The van der Waals surface area contributed by atoms with Crippen LogP contribution in [0.3, 0.4) is 0 Å². The lowest BCUT2D eigenvalue weighted by atomic mass is 9.86. The summed E-state index contributed by atoms with van der Waals surface area (Å²) in [7, 11) is 0. The molecule has 11 heteroatoms. The number of carbonyl (C=O) groups is 3. The van der Waals surface area contributed by atoms with Crippen molar-refractivity contribution < 1.29 is 23.9 Å². The lowest BCUT2D eigenvalue weighted by molar-refractivity contribution is -0.173. The highest BCUT2D eigenvalue weighted by Crippen LogP contribution is 2.45. The van der Waals surface area contributed by atoms with E-state index in [4.69, 9.17) is 15.2 Å². The average Bonchev–Trinajstić information content (AvgIpc) is 3.14. The summed E-state index contributed by atoms with van der Waals surface area (Å²) in [5, 5.41) is 2.62. The predicted octanol–water partition coefficient (Wildman–Crippen LogP) is 0.387. The number of aliphatic imine (C=N–C) groups is 1. The molecule has 3 heterocycles. The maximum Gasteiger partial charge on any atom is 0.357 e. The van der Waals surface area contributed by atoms with Gasteiger partial charge in [-0.2, -0.15) is 0 Å². The second kappa shape index (κ2) is 7.92. The summed E-state index contributed by atoms with van der Waals surface area (Å²) in [5.41, 5.74) is 5.27. The third-order valence-electron chi connectivity index (χ3n) is 4.55. The SMILES string of the molecule is CC1=C(C(=O)OCOC(=O)C(C)(C)C)N2C(=O)C(N)(C3=NCCN3)[C@@H]2SC1.Cl. The molecule has 28 heavy (non-hydrogen) atoms. The number of thioether (sulfide) groups is 1. The van der Waals surface area contributed by atoms with Gasteiger partial charge in [0.15, 0.2) is 5.54 Å². The zero-order valence-corrected chi connectivity index (χ0v) is 17.9. The van der Waals surface area contributed by atoms with Crippen LogP contribution in [0.5, 0.6) is 0 Å². The molecule has 9 nitrogen and oxygen atoms in total. The summed E-state index contributed by atoms with van der Waals surface area (Å²) in [6.45, 7) is 7.57. The van der Waals surface area contributed by atoms with E-state index in [-0.39, 0.29) is 18.1 Å². The number of nitrogens with one attached hydrogen (secondary N) is 1. The number of nitrogens with zero attached hydrogens (tertiary/aromatic N) is 2. The highest BCUT2D eigenvalue weighted by atomic mass is 35.5. The summed E-state index contributed by atoms with van der Waals surface area (Å²) < 4.78 is 10.0. The normalized spacial score (nSPS) is 26.5. The summed E-state index contributed by atoms with van der Waals surface area (Å²) in [6, 6.07) is 0. The van der Waals surface area contributed by atoms with Crippen LogP contribution >= 0.6 is 24.2 Å². The Morgan fingerprint density at radius 1 is 1.39 bits per heavy atom. The van der Waals surface area contributed by atoms with E-state index in [9.17, 15) is 14.4 Å². The molecule has 0 aromatic heterocycles. The summed E-state index contributed by atoms with van der Waals surface area (Å²) in [4.78, 5) is 42.8. The summed E-state index contributed by atoms with van der Waals surface area (Å²) >= 11 is 1.48. The number of fused-ring (bicyclic) bond motifs is 1. The first-order valence-corrected chi connectivity index (χ1v) is 9.70. The largest absolute Gasteiger partial charge is 0.427 e. The van der Waals surface area contributed by atoms with E-state index in [2.05, 4.69) is 10.3 Å². The molecule has 3 N–H and O–H groups in total. The number of amidine groups is 1. The fourth-order valence-corrected chi connectivity index (χ4v) is 4.41. The van der Waals surface area contributed by atoms with Gasteiger partial charge in [-0.15, -0.1) is 24.2 Å². The molecule has 156 valence electrons. The molecule has 0 aliphatic carbocycles. The minimum Gasteiger partial charge on any atom is -0.427 e. The van der Waals surface area contributed by atoms with Gasteiger partial charge in [0, 0.05) is 12.3 Å². The van der Waals surface area contributed by atoms with Gasteiger partial charge in [-0.25, -0.2) is 4.79 Å². The molecule has 0 spiro atoms. The average molecular weight is 433 g/mol. The number of halogens is 1. The molecule has 3 aliphatic heterocycles. The highest BCUT2D eigenvalue weighted by molar-refractivity contribution is 8.00. The van der Waals surface area contributed by atoms with Gasteiger partial charge < -0.3 is 20.5 Å². The van der Waals surface area contributed by atoms with Gasteiger partial charge in [-0.1, -0.05) is 0 Å². The highest BCUT2D eigenvalue weighted by Gasteiger charge is 2.65. The zero-order valence-electron chi connectivity index (χ0n) is 16.2. The molecular formula is C17H25ClN4O5S. The van der Waals surface area contributed by atoms with Crippen molar-refractivity contribution in [1.29, 1.82) is 0 Å². The van der Waals surface area contributed by atoms with Crippen molar-refractivity contribution >= 4 is 47.9 Å². The van der Waals surface area contributed by atoms with Crippen molar-refractivity contribution in [3.63, 3.8) is 0 Å². The number of rotatable bonds is 4. The minimum atomic E-state index is -1.26. The summed E-state index contributed by atoms with van der Waals surface area (Å²) in [5.74, 6) is -0.591. The number of hydrogen-bond acceptors (Lipinski definition) is 9. The number of ether oxygens (including phenoxy) is 2. The molecule has 0 aromatic carbocycles. The Hall–Kier alpha value is -1.78. The van der Waals surface area contributed by atoms with Crippen LogP contribution in [0.1, 0.15) is 27.7 Å². The smallest absolute Gasteiger partial charge is 0.357 e. The Morgan fingerprint density at radius 3 is 2.64 bits per heavy atom. The number of amides is 1. The molecule has 0 aromatic rings. The fourth-order valence-electron chi connectivity index (χ4n) is 3.04. The molecule has 0 saturated carbocycles. The molecule has 3 aliphatic rings. The van der Waals surface area contributed by atoms with Crippen molar-refractivity contribution in [1.82, 2.24) is 10.2 Å². The van der Waals surface area contributed by atoms with Crippen LogP contribution in [0, 0.1) is 5.41 Å². The molecule has 3 rings (SSSR count). The fraction of sp³-hybridized carbons (Fsp3) is 0.647. The maximum atomic E-state index is 12.8. The zero-order chi connectivity index (χ0) is 20.0. The summed E-state index contributed by atoms with van der Waals surface area (Å²) in [6.07, 6.45) is 0. The molecule has 0 bridgehead atoms. The van der Waals surface area contributed by atoms with Gasteiger partial charge in [0.05, 0.1) is 12.0 Å². The van der Waals surface area contributed by atoms with Crippen LogP contribution in [-0.4, -0.2) is 65.1 Å². The predicted molar refractivity (Wildman–Crippen MR) is 107 cm³/mol. The first-order chi connectivity index (χ1) is 12.6. The standard InChI is InChI=1S/C17H24N4O5S.ClH/c1-9-7-27-14-17(18,12-19-5-6-20-12)13(23)21(14)10(9)11(22)25-8-26-15(24)16(2,3)4;/h14H,5-8,18H2,1-4H3,(H,19,20);1H/t14-,17?;/m0./s1. The molecule has 1 unspecified atom stereocenters. The topological polar surface area (TPSA) is 123 Å². The van der Waals surface area contributed by atoms with Crippen LogP contribution in [0.25, 0.3) is 0 Å².